The fourth-order valence-electron chi connectivity index (χ4n) is 2.84. The first-order valence-corrected chi connectivity index (χ1v) is 9.07. The maximum absolute atomic E-state index is 13.4. The molecule has 0 aliphatic carbocycles. The van der Waals surface area contributed by atoms with Crippen molar-refractivity contribution in [2.45, 2.75) is 25.3 Å². The van der Waals surface area contributed by atoms with Gasteiger partial charge in [-0.3, -0.25) is 9.79 Å². The molecule has 1 aliphatic rings. The third-order valence-corrected chi connectivity index (χ3v) is 5.19. The number of aliphatic imine (C=N–C) groups is 1. The highest BCUT2D eigenvalue weighted by Gasteiger charge is 2.17. The number of thiophene rings is 1. The topological polar surface area (TPSA) is 37.6 Å². The molecule has 0 fully saturated rings. The van der Waals surface area contributed by atoms with Crippen LogP contribution in [0.25, 0.3) is 0 Å². The molecule has 1 radical (unpaired) electrons. The summed E-state index contributed by atoms with van der Waals surface area (Å²) in [4.78, 5) is 19.2. The third kappa shape index (κ3) is 4.10. The fourth-order valence-corrected chi connectivity index (χ4v) is 3.59. The number of carbonyl (C=O) groups excluding carboxylic acids is 1. The van der Waals surface area contributed by atoms with Gasteiger partial charge in [0.1, 0.15) is 6.04 Å². The summed E-state index contributed by atoms with van der Waals surface area (Å²) in [6.07, 6.45) is 5.53. The number of halogens is 1. The van der Waals surface area contributed by atoms with E-state index in [1.165, 1.54) is 9.36 Å². The number of rotatable bonds is 7. The van der Waals surface area contributed by atoms with Crippen LogP contribution in [0.5, 0.6) is 0 Å². The van der Waals surface area contributed by atoms with Crippen molar-refractivity contribution in [1.29, 1.82) is 0 Å². The zero-order valence-corrected chi connectivity index (χ0v) is 15.2. The van der Waals surface area contributed by atoms with Gasteiger partial charge in [0.05, 0.1) is 0 Å². The standard InChI is InChI=1S/C18H20BFN3OS/c1-22(2)18(24)10-8-14-6-7-15(23(14)19-20)12-13-5-9-16(21-13)17-4-3-11-25-17/h3-7,9,11,16H,8,10,12H2,1-2H3. The quantitative estimate of drug-likeness (QED) is 0.702. The zero-order valence-electron chi connectivity index (χ0n) is 14.4. The average Bonchev–Trinajstić information content (AvgIpc) is 3.33. The first kappa shape index (κ1) is 17.7. The Labute approximate surface area is 152 Å². The number of aromatic nitrogens is 1. The smallest absolute Gasteiger partial charge is 0.365 e. The molecule has 7 heteroatoms. The first-order chi connectivity index (χ1) is 12.1. The first-order valence-electron chi connectivity index (χ1n) is 8.19. The van der Waals surface area contributed by atoms with E-state index in [-0.39, 0.29) is 11.9 Å². The van der Waals surface area contributed by atoms with Crippen LogP contribution >= 0.6 is 11.3 Å². The minimum absolute atomic E-state index is 0.0371. The van der Waals surface area contributed by atoms with Crippen molar-refractivity contribution in [2.24, 2.45) is 4.99 Å². The molecule has 1 aliphatic heterocycles. The Morgan fingerprint density at radius 1 is 1.36 bits per heavy atom. The monoisotopic (exact) mass is 356 g/mol. The molecule has 0 spiro atoms. The number of nitrogens with zero attached hydrogens (tertiary/aromatic N) is 3. The molecule has 0 bridgehead atoms. The molecule has 2 aromatic rings. The normalized spacial score (nSPS) is 16.1. The molecule has 0 saturated carbocycles. The van der Waals surface area contributed by atoms with Crippen LogP contribution in [0.15, 0.2) is 46.8 Å². The molecule has 1 atom stereocenters. The van der Waals surface area contributed by atoms with E-state index in [0.717, 1.165) is 17.1 Å². The molecule has 4 nitrogen and oxygen atoms in total. The van der Waals surface area contributed by atoms with Crippen molar-refractivity contribution in [2.75, 3.05) is 14.1 Å². The van der Waals surface area contributed by atoms with Gasteiger partial charge >= 0.3 is 7.69 Å². The van der Waals surface area contributed by atoms with Crippen LogP contribution in [0.2, 0.25) is 0 Å². The molecule has 0 saturated heterocycles. The van der Waals surface area contributed by atoms with E-state index in [2.05, 4.69) is 12.1 Å². The summed E-state index contributed by atoms with van der Waals surface area (Å²) < 4.78 is 14.9. The lowest BCUT2D eigenvalue weighted by atomic mass is 10.1. The molecular weight excluding hydrogens is 336 g/mol. The van der Waals surface area contributed by atoms with E-state index in [9.17, 15) is 9.11 Å². The lowest BCUT2D eigenvalue weighted by Gasteiger charge is -2.11. The summed E-state index contributed by atoms with van der Waals surface area (Å²) in [5.74, 6) is 0.0371. The van der Waals surface area contributed by atoms with Gasteiger partial charge in [0.2, 0.25) is 5.91 Å². The van der Waals surface area contributed by atoms with Crippen molar-refractivity contribution in [3.05, 3.63) is 58.1 Å². The molecule has 2 aromatic heterocycles. The van der Waals surface area contributed by atoms with Crippen LogP contribution in [0.4, 0.5) is 4.32 Å². The lowest BCUT2D eigenvalue weighted by Crippen LogP contribution is -2.22. The minimum atomic E-state index is 0.0371. The molecule has 1 unspecified atom stereocenters. The van der Waals surface area contributed by atoms with Crippen LogP contribution in [0.3, 0.4) is 0 Å². The predicted octanol–water partition coefficient (Wildman–Crippen LogP) is 3.22. The van der Waals surface area contributed by atoms with Gasteiger partial charge in [-0.15, -0.1) is 11.3 Å². The van der Waals surface area contributed by atoms with Gasteiger partial charge in [0.15, 0.2) is 0 Å². The van der Waals surface area contributed by atoms with Gasteiger partial charge in [0, 0.05) is 48.9 Å². The Hall–Kier alpha value is -2.15. The molecule has 0 N–H and O–H groups in total. The Balaban J connectivity index is 1.68. The number of carbonyl (C=O) groups is 1. The Morgan fingerprint density at radius 2 is 2.16 bits per heavy atom. The maximum Gasteiger partial charge on any atom is 0.495 e. The van der Waals surface area contributed by atoms with Crippen LogP contribution in [0.1, 0.15) is 28.7 Å². The third-order valence-electron chi connectivity index (χ3n) is 4.25. The van der Waals surface area contributed by atoms with E-state index in [1.807, 2.05) is 29.7 Å². The molecular formula is C18H20BFN3OS. The van der Waals surface area contributed by atoms with Crippen molar-refractivity contribution in [1.82, 2.24) is 9.38 Å². The van der Waals surface area contributed by atoms with Crippen LogP contribution in [-0.2, 0) is 17.6 Å². The summed E-state index contributed by atoms with van der Waals surface area (Å²) in [5, 5.41) is 2.04. The second-order valence-electron chi connectivity index (χ2n) is 6.19. The summed E-state index contributed by atoms with van der Waals surface area (Å²) in [6, 6.07) is 7.95. The average molecular weight is 356 g/mol. The number of hydrogen-bond acceptors (Lipinski definition) is 3. The largest absolute Gasteiger partial charge is 0.495 e. The highest BCUT2D eigenvalue weighted by atomic mass is 32.1. The van der Waals surface area contributed by atoms with Crippen LogP contribution in [0, 0.1) is 0 Å². The van der Waals surface area contributed by atoms with Gasteiger partial charge in [-0.25, -0.2) is 0 Å². The zero-order chi connectivity index (χ0) is 17.8. The van der Waals surface area contributed by atoms with Gasteiger partial charge in [-0.05, 0) is 36.1 Å². The predicted molar refractivity (Wildman–Crippen MR) is 101 cm³/mol. The number of allylic oxidation sites excluding steroid dienone is 1. The van der Waals surface area contributed by atoms with Crippen molar-refractivity contribution in [3.63, 3.8) is 0 Å². The van der Waals surface area contributed by atoms with Gasteiger partial charge in [0.25, 0.3) is 0 Å². The summed E-state index contributed by atoms with van der Waals surface area (Å²) >= 11 is 1.69. The molecule has 0 aromatic carbocycles. The molecule has 25 heavy (non-hydrogen) atoms. The van der Waals surface area contributed by atoms with Gasteiger partial charge in [-0.1, -0.05) is 12.1 Å². The van der Waals surface area contributed by atoms with Gasteiger partial charge < -0.3 is 13.7 Å². The Morgan fingerprint density at radius 3 is 2.84 bits per heavy atom. The summed E-state index contributed by atoms with van der Waals surface area (Å²) in [7, 11) is 4.02. The summed E-state index contributed by atoms with van der Waals surface area (Å²) in [5.41, 5.74) is 2.57. The number of aryl methyl sites for hydroxylation is 1. The highest BCUT2D eigenvalue weighted by Crippen LogP contribution is 2.28. The SMILES string of the molecule is CN(C)C(=O)CCc1ccc(CC2=NC(c3cccs3)C=C2)n1[B]F. The second-order valence-corrected chi connectivity index (χ2v) is 7.17. The van der Waals surface area contributed by atoms with E-state index in [4.69, 9.17) is 4.99 Å². The van der Waals surface area contributed by atoms with Crippen molar-refractivity contribution in [3.8, 4) is 0 Å². The number of hydrogen-bond donors (Lipinski definition) is 0. The Bertz CT molecular complexity index is 795. The number of amides is 1. The molecule has 3 rings (SSSR count). The van der Waals surface area contributed by atoms with E-state index >= 15 is 0 Å². The van der Waals surface area contributed by atoms with Crippen LogP contribution in [-0.4, -0.2) is 42.8 Å². The molecule has 3 heterocycles. The van der Waals surface area contributed by atoms with Crippen molar-refractivity contribution < 1.29 is 9.11 Å². The second kappa shape index (κ2) is 7.82. The van der Waals surface area contributed by atoms with E-state index in [1.54, 1.807) is 30.3 Å². The van der Waals surface area contributed by atoms with E-state index < -0.39 is 0 Å². The maximum atomic E-state index is 13.4. The Kier molecular flexibility index (Phi) is 5.53. The lowest BCUT2D eigenvalue weighted by molar-refractivity contribution is -0.128. The minimum Gasteiger partial charge on any atom is -0.365 e. The summed E-state index contributed by atoms with van der Waals surface area (Å²) in [6.45, 7) is 0. The molecule has 129 valence electrons. The fraction of sp³-hybridized carbons (Fsp3) is 0.333. The van der Waals surface area contributed by atoms with Crippen LogP contribution < -0.4 is 0 Å². The van der Waals surface area contributed by atoms with E-state index in [0.29, 0.717) is 27.0 Å². The van der Waals surface area contributed by atoms with Crippen molar-refractivity contribution >= 4 is 30.6 Å². The highest BCUT2D eigenvalue weighted by molar-refractivity contribution is 7.10. The van der Waals surface area contributed by atoms with Gasteiger partial charge in [-0.2, -0.15) is 0 Å². The molecule has 1 amide bonds.